The molecule has 2 aliphatic heterocycles. The summed E-state index contributed by atoms with van der Waals surface area (Å²) >= 11 is 0. The van der Waals surface area contributed by atoms with Crippen LogP contribution in [0.4, 0.5) is 5.69 Å². The van der Waals surface area contributed by atoms with Crippen LogP contribution < -0.4 is 10.2 Å². The van der Waals surface area contributed by atoms with E-state index >= 15 is 0 Å². The Morgan fingerprint density at radius 2 is 1.64 bits per heavy atom. The number of piperidine rings is 2. The average molecular weight is 301 g/mol. The zero-order chi connectivity index (χ0) is 15.4. The summed E-state index contributed by atoms with van der Waals surface area (Å²) in [6.07, 6.45) is 5.99. The summed E-state index contributed by atoms with van der Waals surface area (Å²) in [5.74, 6) is 0.0692. The first-order valence-electron chi connectivity index (χ1n) is 8.57. The van der Waals surface area contributed by atoms with Crippen LogP contribution in [0.1, 0.15) is 42.5 Å². The van der Waals surface area contributed by atoms with Crippen LogP contribution in [0.2, 0.25) is 0 Å². The van der Waals surface area contributed by atoms with E-state index in [1.807, 2.05) is 12.1 Å². The van der Waals surface area contributed by atoms with Crippen molar-refractivity contribution < 1.29 is 4.79 Å². The quantitative estimate of drug-likeness (QED) is 0.932. The van der Waals surface area contributed by atoms with E-state index < -0.39 is 0 Å². The summed E-state index contributed by atoms with van der Waals surface area (Å²) in [7, 11) is 2.14. The maximum Gasteiger partial charge on any atom is 0.251 e. The van der Waals surface area contributed by atoms with Gasteiger partial charge in [0.15, 0.2) is 0 Å². The number of nitrogens with zero attached hydrogens (tertiary/aromatic N) is 2. The molecule has 2 fully saturated rings. The van der Waals surface area contributed by atoms with E-state index in [0.29, 0.717) is 6.04 Å². The van der Waals surface area contributed by atoms with Gasteiger partial charge in [0.05, 0.1) is 0 Å². The molecule has 3 rings (SSSR count). The maximum absolute atomic E-state index is 12.3. The van der Waals surface area contributed by atoms with E-state index in [0.717, 1.165) is 44.6 Å². The fourth-order valence-electron chi connectivity index (χ4n) is 3.40. The molecule has 0 atom stereocenters. The van der Waals surface area contributed by atoms with Crippen molar-refractivity contribution in [2.45, 2.75) is 38.1 Å². The number of nitrogens with one attached hydrogen (secondary N) is 1. The van der Waals surface area contributed by atoms with Crippen LogP contribution in [-0.4, -0.2) is 50.1 Å². The summed E-state index contributed by atoms with van der Waals surface area (Å²) in [4.78, 5) is 17.1. The van der Waals surface area contributed by atoms with E-state index in [9.17, 15) is 4.79 Å². The zero-order valence-electron chi connectivity index (χ0n) is 13.6. The Labute approximate surface area is 133 Å². The lowest BCUT2D eigenvalue weighted by atomic mass is 10.0. The molecule has 4 nitrogen and oxygen atoms in total. The van der Waals surface area contributed by atoms with E-state index in [4.69, 9.17) is 0 Å². The topological polar surface area (TPSA) is 35.6 Å². The van der Waals surface area contributed by atoms with E-state index in [1.165, 1.54) is 24.9 Å². The number of hydrogen-bond donors (Lipinski definition) is 1. The van der Waals surface area contributed by atoms with Gasteiger partial charge in [-0.3, -0.25) is 4.79 Å². The van der Waals surface area contributed by atoms with Gasteiger partial charge in [-0.15, -0.1) is 0 Å². The van der Waals surface area contributed by atoms with Crippen LogP contribution >= 0.6 is 0 Å². The summed E-state index contributed by atoms with van der Waals surface area (Å²) in [6.45, 7) is 4.42. The van der Waals surface area contributed by atoms with Crippen molar-refractivity contribution in [1.29, 1.82) is 0 Å². The minimum atomic E-state index is 0.0692. The van der Waals surface area contributed by atoms with Crippen LogP contribution in [0.5, 0.6) is 0 Å². The highest BCUT2D eigenvalue weighted by Crippen LogP contribution is 2.20. The third kappa shape index (κ3) is 3.80. The second-order valence-electron chi connectivity index (χ2n) is 6.65. The molecule has 0 aromatic heterocycles. The number of likely N-dealkylation sites (tertiary alicyclic amines) is 1. The molecule has 0 saturated carbocycles. The fourth-order valence-corrected chi connectivity index (χ4v) is 3.40. The summed E-state index contributed by atoms with van der Waals surface area (Å²) in [6, 6.07) is 8.44. The largest absolute Gasteiger partial charge is 0.372 e. The van der Waals surface area contributed by atoms with Gasteiger partial charge in [-0.1, -0.05) is 0 Å². The maximum atomic E-state index is 12.3. The number of benzene rings is 1. The minimum absolute atomic E-state index is 0.0692. The van der Waals surface area contributed by atoms with E-state index in [2.05, 4.69) is 34.3 Å². The molecule has 0 bridgehead atoms. The molecule has 1 aromatic carbocycles. The van der Waals surface area contributed by atoms with Crippen molar-refractivity contribution in [3.05, 3.63) is 29.8 Å². The van der Waals surface area contributed by atoms with Gasteiger partial charge >= 0.3 is 0 Å². The van der Waals surface area contributed by atoms with Gasteiger partial charge in [0.25, 0.3) is 5.91 Å². The molecule has 4 heteroatoms. The minimum Gasteiger partial charge on any atom is -0.372 e. The lowest BCUT2D eigenvalue weighted by Gasteiger charge is -2.30. The Kier molecular flexibility index (Phi) is 4.98. The van der Waals surface area contributed by atoms with Crippen molar-refractivity contribution >= 4 is 11.6 Å². The number of anilines is 1. The molecule has 2 aliphatic rings. The number of amides is 1. The highest BCUT2D eigenvalue weighted by atomic mass is 16.1. The standard InChI is InChI=1S/C18H27N3O/c1-20-13-9-16(10-14-20)19-18(22)15-5-7-17(8-6-15)21-11-3-2-4-12-21/h5-8,16H,2-4,9-14H2,1H3,(H,19,22). The number of carbonyl (C=O) groups is 1. The first kappa shape index (κ1) is 15.3. The van der Waals surface area contributed by atoms with Gasteiger partial charge < -0.3 is 15.1 Å². The highest BCUT2D eigenvalue weighted by molar-refractivity contribution is 5.94. The van der Waals surface area contributed by atoms with E-state index in [-0.39, 0.29) is 5.91 Å². The Morgan fingerprint density at radius 1 is 1.00 bits per heavy atom. The predicted molar refractivity (Wildman–Crippen MR) is 90.5 cm³/mol. The lowest BCUT2D eigenvalue weighted by molar-refractivity contribution is 0.0917. The molecule has 2 heterocycles. The Balaban J connectivity index is 1.56. The Hall–Kier alpha value is -1.55. The van der Waals surface area contributed by atoms with Crippen molar-refractivity contribution in [3.8, 4) is 0 Å². The number of rotatable bonds is 3. The molecule has 1 aromatic rings. The summed E-state index contributed by atoms with van der Waals surface area (Å²) in [5.41, 5.74) is 2.02. The summed E-state index contributed by atoms with van der Waals surface area (Å²) in [5, 5.41) is 3.18. The second-order valence-corrected chi connectivity index (χ2v) is 6.65. The van der Waals surface area contributed by atoms with Crippen molar-refractivity contribution in [1.82, 2.24) is 10.2 Å². The molecule has 22 heavy (non-hydrogen) atoms. The van der Waals surface area contributed by atoms with Crippen LogP contribution in [0.15, 0.2) is 24.3 Å². The number of hydrogen-bond acceptors (Lipinski definition) is 3. The average Bonchev–Trinajstić information content (AvgIpc) is 2.58. The molecule has 0 spiro atoms. The lowest BCUT2D eigenvalue weighted by Crippen LogP contribution is -2.43. The van der Waals surface area contributed by atoms with Gasteiger partial charge in [-0.05, 0) is 76.5 Å². The molecular formula is C18H27N3O. The van der Waals surface area contributed by atoms with Crippen LogP contribution in [0.3, 0.4) is 0 Å². The summed E-state index contributed by atoms with van der Waals surface area (Å²) < 4.78 is 0. The normalized spacial score (nSPS) is 20.9. The first-order valence-corrected chi connectivity index (χ1v) is 8.57. The molecule has 0 radical (unpaired) electrons. The van der Waals surface area contributed by atoms with Gasteiger partial charge in [-0.25, -0.2) is 0 Å². The highest BCUT2D eigenvalue weighted by Gasteiger charge is 2.19. The molecule has 120 valence electrons. The van der Waals surface area contributed by atoms with Gasteiger partial charge in [0.1, 0.15) is 0 Å². The van der Waals surface area contributed by atoms with Crippen molar-refractivity contribution in [3.63, 3.8) is 0 Å². The molecule has 1 N–H and O–H groups in total. The van der Waals surface area contributed by atoms with Gasteiger partial charge in [0, 0.05) is 30.4 Å². The molecule has 1 amide bonds. The molecule has 0 aliphatic carbocycles. The zero-order valence-corrected chi connectivity index (χ0v) is 13.6. The van der Waals surface area contributed by atoms with E-state index in [1.54, 1.807) is 0 Å². The number of carbonyl (C=O) groups excluding carboxylic acids is 1. The monoisotopic (exact) mass is 301 g/mol. The Morgan fingerprint density at radius 3 is 2.27 bits per heavy atom. The Bertz CT molecular complexity index is 486. The van der Waals surface area contributed by atoms with Crippen LogP contribution in [0, 0.1) is 0 Å². The van der Waals surface area contributed by atoms with Crippen LogP contribution in [-0.2, 0) is 0 Å². The molecule has 2 saturated heterocycles. The SMILES string of the molecule is CN1CCC(NC(=O)c2ccc(N3CCCCC3)cc2)CC1. The third-order valence-electron chi connectivity index (χ3n) is 4.90. The van der Waals surface area contributed by atoms with Crippen molar-refractivity contribution in [2.75, 3.05) is 38.1 Å². The third-order valence-corrected chi connectivity index (χ3v) is 4.90. The van der Waals surface area contributed by atoms with Crippen LogP contribution in [0.25, 0.3) is 0 Å². The van der Waals surface area contributed by atoms with Gasteiger partial charge in [0.2, 0.25) is 0 Å². The molecule has 0 unspecified atom stereocenters. The smallest absolute Gasteiger partial charge is 0.251 e. The molecular weight excluding hydrogens is 274 g/mol. The first-order chi connectivity index (χ1) is 10.7. The predicted octanol–water partition coefficient (Wildman–Crippen LogP) is 2.50. The second kappa shape index (κ2) is 7.14. The van der Waals surface area contributed by atoms with Crippen molar-refractivity contribution in [2.24, 2.45) is 0 Å². The fraction of sp³-hybridized carbons (Fsp3) is 0.611. The van der Waals surface area contributed by atoms with Gasteiger partial charge in [-0.2, -0.15) is 0 Å².